The lowest BCUT2D eigenvalue weighted by atomic mass is 10.1. The fourth-order valence-electron chi connectivity index (χ4n) is 1.68. The van der Waals surface area contributed by atoms with Crippen molar-refractivity contribution in [1.82, 2.24) is 10.2 Å². The second kappa shape index (κ2) is 7.26. The molecule has 0 aliphatic heterocycles. The first-order chi connectivity index (χ1) is 8.57. The van der Waals surface area contributed by atoms with E-state index in [-0.39, 0.29) is 0 Å². The second-order valence-corrected chi connectivity index (χ2v) is 4.80. The van der Waals surface area contributed by atoms with Gasteiger partial charge in [0.05, 0.1) is 17.9 Å². The average molecular weight is 267 g/mol. The molecule has 0 saturated heterocycles. The number of nitrogens with zero attached hydrogens (tertiary/aromatic N) is 2. The van der Waals surface area contributed by atoms with Crippen LogP contribution in [0.4, 0.5) is 0 Å². The molecule has 1 aromatic rings. The Bertz CT molecular complexity index is 421. The third kappa shape index (κ3) is 3.91. The van der Waals surface area contributed by atoms with E-state index in [1.807, 2.05) is 13.8 Å². The summed E-state index contributed by atoms with van der Waals surface area (Å²) in [4.78, 5) is 0.314. The van der Waals surface area contributed by atoms with Gasteiger partial charge in [0.25, 0.3) is 0 Å². The highest BCUT2D eigenvalue weighted by Crippen LogP contribution is 2.20. The van der Waals surface area contributed by atoms with Gasteiger partial charge in [0.15, 0.2) is 0 Å². The molecule has 100 valence electrons. The van der Waals surface area contributed by atoms with Crippen molar-refractivity contribution in [1.29, 1.82) is 0 Å². The molecule has 0 unspecified atom stereocenters. The third-order valence-corrected chi connectivity index (χ3v) is 3.11. The molecule has 0 saturated carbocycles. The number of unbranched alkanes of at least 4 members (excludes halogenated alkanes) is 3. The summed E-state index contributed by atoms with van der Waals surface area (Å²) in [7, 11) is 0. The molecule has 1 rings (SSSR count). The van der Waals surface area contributed by atoms with Gasteiger partial charge < -0.3 is 10.5 Å². The fourth-order valence-corrected chi connectivity index (χ4v) is 1.92. The van der Waals surface area contributed by atoms with E-state index in [0.29, 0.717) is 23.0 Å². The molecule has 0 bridgehead atoms. The Labute approximate surface area is 114 Å². The van der Waals surface area contributed by atoms with E-state index in [9.17, 15) is 0 Å². The molecule has 0 atom stereocenters. The lowest BCUT2D eigenvalue weighted by molar-refractivity contribution is 0.289. The summed E-state index contributed by atoms with van der Waals surface area (Å²) in [5, 5.41) is 8.08. The van der Waals surface area contributed by atoms with Crippen LogP contribution in [0, 0.1) is 13.8 Å². The molecule has 1 heterocycles. The minimum absolute atomic E-state index is 0.314. The van der Waals surface area contributed by atoms with Crippen molar-refractivity contribution in [3.8, 4) is 5.88 Å². The second-order valence-electron chi connectivity index (χ2n) is 4.36. The summed E-state index contributed by atoms with van der Waals surface area (Å²) in [6, 6.07) is 0. The number of rotatable bonds is 7. The minimum Gasteiger partial charge on any atom is -0.476 e. The minimum atomic E-state index is 0.314. The third-order valence-electron chi connectivity index (χ3n) is 2.91. The molecule has 0 aliphatic rings. The van der Waals surface area contributed by atoms with Crippen LogP contribution in [0.15, 0.2) is 0 Å². The Morgan fingerprint density at radius 3 is 2.56 bits per heavy atom. The van der Waals surface area contributed by atoms with Gasteiger partial charge in [-0.3, -0.25) is 0 Å². The van der Waals surface area contributed by atoms with Crippen molar-refractivity contribution in [2.75, 3.05) is 6.61 Å². The number of ether oxygens (including phenoxy) is 1. The molecule has 18 heavy (non-hydrogen) atoms. The topological polar surface area (TPSA) is 61.0 Å². The van der Waals surface area contributed by atoms with E-state index in [0.717, 1.165) is 24.1 Å². The molecule has 0 spiro atoms. The maximum atomic E-state index is 5.72. The number of hydrogen-bond acceptors (Lipinski definition) is 4. The molecule has 5 heteroatoms. The van der Waals surface area contributed by atoms with Gasteiger partial charge in [-0.25, -0.2) is 0 Å². The highest BCUT2D eigenvalue weighted by molar-refractivity contribution is 7.80. The Balaban J connectivity index is 2.70. The van der Waals surface area contributed by atoms with Gasteiger partial charge in [-0.2, -0.15) is 5.10 Å². The molecule has 1 aromatic heterocycles. The van der Waals surface area contributed by atoms with E-state index >= 15 is 0 Å². The zero-order valence-corrected chi connectivity index (χ0v) is 12.1. The van der Waals surface area contributed by atoms with Crippen LogP contribution in [-0.2, 0) is 0 Å². The van der Waals surface area contributed by atoms with Gasteiger partial charge >= 0.3 is 0 Å². The molecule has 0 fully saturated rings. The molecule has 0 aliphatic carbocycles. The van der Waals surface area contributed by atoms with Crippen molar-refractivity contribution in [2.24, 2.45) is 5.73 Å². The van der Waals surface area contributed by atoms with Crippen LogP contribution in [0.2, 0.25) is 0 Å². The van der Waals surface area contributed by atoms with Crippen LogP contribution in [0.3, 0.4) is 0 Å². The van der Waals surface area contributed by atoms with E-state index in [2.05, 4.69) is 17.1 Å². The highest BCUT2D eigenvalue weighted by Gasteiger charge is 2.14. The summed E-state index contributed by atoms with van der Waals surface area (Å²) in [6.45, 7) is 6.63. The van der Waals surface area contributed by atoms with Gasteiger partial charge in [-0.15, -0.1) is 5.10 Å². The summed E-state index contributed by atoms with van der Waals surface area (Å²) in [6.07, 6.45) is 4.61. The summed E-state index contributed by atoms with van der Waals surface area (Å²) >= 11 is 5.05. The Kier molecular flexibility index (Phi) is 5.98. The quantitative estimate of drug-likeness (QED) is 0.608. The fraction of sp³-hybridized carbons (Fsp3) is 0.615. The predicted octanol–water partition coefficient (Wildman–Crippen LogP) is 2.69. The van der Waals surface area contributed by atoms with E-state index in [1.54, 1.807) is 0 Å². The first-order valence-corrected chi connectivity index (χ1v) is 6.75. The monoisotopic (exact) mass is 267 g/mol. The smallest absolute Gasteiger partial charge is 0.244 e. The lowest BCUT2D eigenvalue weighted by Gasteiger charge is -2.12. The van der Waals surface area contributed by atoms with Gasteiger partial charge in [-0.1, -0.05) is 38.4 Å². The highest BCUT2D eigenvalue weighted by atomic mass is 32.1. The molecular weight excluding hydrogens is 246 g/mol. The van der Waals surface area contributed by atoms with Gasteiger partial charge in [0, 0.05) is 0 Å². The molecule has 2 N–H and O–H groups in total. The Hall–Kier alpha value is -1.23. The first-order valence-electron chi connectivity index (χ1n) is 6.34. The molecule has 0 aromatic carbocycles. The van der Waals surface area contributed by atoms with Crippen LogP contribution in [0.1, 0.15) is 49.4 Å². The molecule has 0 amide bonds. The van der Waals surface area contributed by atoms with E-state index in [4.69, 9.17) is 22.7 Å². The zero-order valence-electron chi connectivity index (χ0n) is 11.3. The Morgan fingerprint density at radius 1 is 1.22 bits per heavy atom. The summed E-state index contributed by atoms with van der Waals surface area (Å²) in [5.74, 6) is 0.460. The van der Waals surface area contributed by atoms with E-state index in [1.165, 1.54) is 12.8 Å². The maximum Gasteiger partial charge on any atom is 0.244 e. The van der Waals surface area contributed by atoms with Gasteiger partial charge in [0.2, 0.25) is 5.88 Å². The number of aryl methyl sites for hydroxylation is 1. The van der Waals surface area contributed by atoms with E-state index < -0.39 is 0 Å². The normalized spacial score (nSPS) is 10.4. The predicted molar refractivity (Wildman–Crippen MR) is 77.0 cm³/mol. The van der Waals surface area contributed by atoms with Gasteiger partial charge in [-0.05, 0) is 25.8 Å². The largest absolute Gasteiger partial charge is 0.476 e. The number of hydrogen-bond donors (Lipinski definition) is 1. The van der Waals surface area contributed by atoms with Crippen LogP contribution in [0.25, 0.3) is 0 Å². The average Bonchev–Trinajstić information content (AvgIpc) is 2.33. The van der Waals surface area contributed by atoms with Crippen molar-refractivity contribution >= 4 is 17.2 Å². The lowest BCUT2D eigenvalue weighted by Crippen LogP contribution is -2.16. The van der Waals surface area contributed by atoms with Crippen molar-refractivity contribution < 1.29 is 4.74 Å². The van der Waals surface area contributed by atoms with Crippen LogP contribution < -0.4 is 10.5 Å². The van der Waals surface area contributed by atoms with Gasteiger partial charge in [0.1, 0.15) is 4.99 Å². The zero-order chi connectivity index (χ0) is 13.5. The number of aromatic nitrogens is 2. The molecule has 4 nitrogen and oxygen atoms in total. The summed E-state index contributed by atoms with van der Waals surface area (Å²) < 4.78 is 5.64. The van der Waals surface area contributed by atoms with Crippen molar-refractivity contribution in [3.05, 3.63) is 16.8 Å². The number of thiocarbonyl (C=S) groups is 1. The number of nitrogens with two attached hydrogens (primary N) is 1. The van der Waals surface area contributed by atoms with Crippen molar-refractivity contribution in [2.45, 2.75) is 46.5 Å². The summed E-state index contributed by atoms with van der Waals surface area (Å²) in [5.41, 5.74) is 8.21. The Morgan fingerprint density at radius 2 is 1.94 bits per heavy atom. The van der Waals surface area contributed by atoms with Crippen LogP contribution in [-0.4, -0.2) is 21.8 Å². The van der Waals surface area contributed by atoms with Crippen LogP contribution in [0.5, 0.6) is 5.88 Å². The molecule has 0 radical (unpaired) electrons. The standard InChI is InChI=1S/C13H21N3OS/c1-4-5-6-7-8-17-13-11(12(14)18)9(2)10(3)15-16-13/h4-8H2,1-3H3,(H2,14,18). The molecular formula is C13H21N3OS. The van der Waals surface area contributed by atoms with Crippen LogP contribution >= 0.6 is 12.2 Å². The van der Waals surface area contributed by atoms with Crippen molar-refractivity contribution in [3.63, 3.8) is 0 Å². The maximum absolute atomic E-state index is 5.72. The SMILES string of the molecule is CCCCCCOc1nnc(C)c(C)c1C(N)=S. The first kappa shape index (κ1) is 14.8.